The molecule has 1 amide bonds. The maximum atomic E-state index is 13.7. The lowest BCUT2D eigenvalue weighted by atomic mass is 10.1. The molecular weight excluding hydrogens is 496 g/mol. The minimum Gasteiger partial charge on any atom is -0.493 e. The maximum Gasteiger partial charge on any atom is 0.340 e. The lowest BCUT2D eigenvalue weighted by molar-refractivity contribution is -0.114. The Morgan fingerprint density at radius 3 is 2.03 bits per heavy atom. The fourth-order valence-corrected chi connectivity index (χ4v) is 5.03. The van der Waals surface area contributed by atoms with Crippen LogP contribution < -0.4 is 19.1 Å². The van der Waals surface area contributed by atoms with E-state index < -0.39 is 28.4 Å². The van der Waals surface area contributed by atoms with Crippen LogP contribution in [0.5, 0.6) is 11.5 Å². The van der Waals surface area contributed by atoms with Crippen LogP contribution >= 0.6 is 0 Å². The van der Waals surface area contributed by atoms with E-state index in [-0.39, 0.29) is 27.6 Å². The lowest BCUT2D eigenvalue weighted by Crippen LogP contribution is -2.38. The highest BCUT2D eigenvalue weighted by Crippen LogP contribution is 2.34. The molecule has 0 saturated heterocycles. The second-order valence-electron chi connectivity index (χ2n) is 8.39. The molecule has 3 aromatic rings. The molecule has 0 spiro atoms. The molecule has 0 heterocycles. The van der Waals surface area contributed by atoms with Gasteiger partial charge in [-0.1, -0.05) is 23.8 Å². The van der Waals surface area contributed by atoms with Crippen molar-refractivity contribution in [3.8, 4) is 11.5 Å². The molecule has 1 N–H and O–H groups in total. The first-order valence-corrected chi connectivity index (χ1v) is 12.8. The number of aryl methyl sites for hydroxylation is 3. The van der Waals surface area contributed by atoms with Crippen LogP contribution in [0.1, 0.15) is 27.0 Å². The first kappa shape index (κ1) is 27.5. The highest BCUT2D eigenvalue weighted by Gasteiger charge is 2.28. The maximum absolute atomic E-state index is 13.7. The molecule has 196 valence electrons. The Labute approximate surface area is 217 Å². The zero-order valence-corrected chi connectivity index (χ0v) is 22.4. The number of benzene rings is 3. The van der Waals surface area contributed by atoms with E-state index in [1.807, 2.05) is 20.8 Å². The van der Waals surface area contributed by atoms with Crippen LogP contribution in [0.3, 0.4) is 0 Å². The Hall–Kier alpha value is -4.05. The summed E-state index contributed by atoms with van der Waals surface area (Å²) in [5, 5.41) is 2.63. The standard InChI is InChI=1S/C27H30N2O7S/c1-17-7-11-21(12-8-17)37(32,33)29(20-10-9-18(2)19(3)13-20)16-26(30)28-23-15-25(35-5)24(34-4)14-22(23)27(31)36-6/h7-15H,16H2,1-6H3,(H,28,30). The fourth-order valence-electron chi connectivity index (χ4n) is 3.61. The van der Waals surface area contributed by atoms with Gasteiger partial charge in [-0.25, -0.2) is 13.2 Å². The number of esters is 1. The number of hydrogen-bond donors (Lipinski definition) is 1. The third kappa shape index (κ3) is 6.03. The van der Waals surface area contributed by atoms with E-state index in [4.69, 9.17) is 14.2 Å². The number of hydrogen-bond acceptors (Lipinski definition) is 7. The number of nitrogens with zero attached hydrogens (tertiary/aromatic N) is 1. The molecule has 0 unspecified atom stereocenters. The van der Waals surface area contributed by atoms with Gasteiger partial charge in [0, 0.05) is 12.1 Å². The number of carbonyl (C=O) groups excluding carboxylic acids is 2. The Morgan fingerprint density at radius 1 is 0.838 bits per heavy atom. The van der Waals surface area contributed by atoms with E-state index in [0.29, 0.717) is 5.69 Å². The van der Waals surface area contributed by atoms with Crippen LogP contribution in [-0.2, 0) is 19.6 Å². The molecule has 0 aliphatic carbocycles. The lowest BCUT2D eigenvalue weighted by Gasteiger charge is -2.25. The van der Waals surface area contributed by atoms with Crippen molar-refractivity contribution < 1.29 is 32.2 Å². The van der Waals surface area contributed by atoms with E-state index in [1.54, 1.807) is 30.3 Å². The van der Waals surface area contributed by atoms with E-state index in [9.17, 15) is 18.0 Å². The minimum atomic E-state index is -4.11. The molecule has 9 nitrogen and oxygen atoms in total. The second kappa shape index (κ2) is 11.3. The van der Waals surface area contributed by atoms with Gasteiger partial charge in [-0.05, 0) is 56.2 Å². The van der Waals surface area contributed by atoms with Gasteiger partial charge in [0.25, 0.3) is 10.0 Å². The van der Waals surface area contributed by atoms with Crippen molar-refractivity contribution in [1.82, 2.24) is 0 Å². The number of amides is 1. The quantitative estimate of drug-likeness (QED) is 0.415. The number of anilines is 2. The van der Waals surface area contributed by atoms with Gasteiger partial charge in [-0.2, -0.15) is 0 Å². The SMILES string of the molecule is COC(=O)c1cc(OC)c(OC)cc1NC(=O)CN(c1ccc(C)c(C)c1)S(=O)(=O)c1ccc(C)cc1. The minimum absolute atomic E-state index is 0.0209. The largest absolute Gasteiger partial charge is 0.493 e. The van der Waals surface area contributed by atoms with Gasteiger partial charge in [0.15, 0.2) is 11.5 Å². The molecule has 0 atom stereocenters. The summed E-state index contributed by atoms with van der Waals surface area (Å²) in [6.45, 7) is 5.08. The Balaban J connectivity index is 2.04. The molecule has 3 aromatic carbocycles. The fraction of sp³-hybridized carbons (Fsp3) is 0.259. The highest BCUT2D eigenvalue weighted by molar-refractivity contribution is 7.92. The normalized spacial score (nSPS) is 11.0. The molecule has 0 aliphatic rings. The molecule has 37 heavy (non-hydrogen) atoms. The first-order chi connectivity index (χ1) is 17.5. The van der Waals surface area contributed by atoms with Crippen LogP contribution in [0, 0.1) is 20.8 Å². The average molecular weight is 527 g/mol. The van der Waals surface area contributed by atoms with Crippen molar-refractivity contribution in [3.63, 3.8) is 0 Å². The zero-order chi connectivity index (χ0) is 27.3. The number of methoxy groups -OCH3 is 3. The van der Waals surface area contributed by atoms with Gasteiger partial charge in [0.1, 0.15) is 6.54 Å². The van der Waals surface area contributed by atoms with Crippen molar-refractivity contribution in [2.45, 2.75) is 25.7 Å². The first-order valence-electron chi connectivity index (χ1n) is 11.3. The summed E-state index contributed by atoms with van der Waals surface area (Å²) in [5.74, 6) is -0.857. The van der Waals surface area contributed by atoms with Crippen LogP contribution in [0.15, 0.2) is 59.5 Å². The molecule has 0 aliphatic heterocycles. The average Bonchev–Trinajstić information content (AvgIpc) is 2.88. The number of carbonyl (C=O) groups is 2. The Bertz CT molecular complexity index is 1420. The van der Waals surface area contributed by atoms with Gasteiger partial charge in [-0.15, -0.1) is 0 Å². The third-order valence-corrected chi connectivity index (χ3v) is 7.67. The van der Waals surface area contributed by atoms with Gasteiger partial charge in [0.05, 0.1) is 43.2 Å². The molecule has 0 aromatic heterocycles. The number of rotatable bonds is 9. The van der Waals surface area contributed by atoms with E-state index in [1.165, 1.54) is 45.6 Å². The van der Waals surface area contributed by atoms with Gasteiger partial charge in [0.2, 0.25) is 5.91 Å². The summed E-state index contributed by atoms with van der Waals surface area (Å²) in [6.07, 6.45) is 0. The van der Waals surface area contributed by atoms with Crippen LogP contribution in [0.25, 0.3) is 0 Å². The summed E-state index contributed by atoms with van der Waals surface area (Å²) in [5.41, 5.74) is 3.19. The Kier molecular flexibility index (Phi) is 8.44. The van der Waals surface area contributed by atoms with Crippen LogP contribution in [0.4, 0.5) is 11.4 Å². The highest BCUT2D eigenvalue weighted by atomic mass is 32.2. The molecule has 0 fully saturated rings. The van der Waals surface area contributed by atoms with Crippen molar-refractivity contribution in [3.05, 3.63) is 76.9 Å². The summed E-state index contributed by atoms with van der Waals surface area (Å²) >= 11 is 0. The molecule has 10 heteroatoms. The van der Waals surface area contributed by atoms with Crippen molar-refractivity contribution >= 4 is 33.3 Å². The number of sulfonamides is 1. The van der Waals surface area contributed by atoms with Crippen LogP contribution in [0.2, 0.25) is 0 Å². The van der Waals surface area contributed by atoms with E-state index >= 15 is 0 Å². The Morgan fingerprint density at radius 2 is 1.46 bits per heavy atom. The molecule has 0 saturated carbocycles. The van der Waals surface area contributed by atoms with E-state index in [0.717, 1.165) is 21.0 Å². The number of nitrogens with one attached hydrogen (secondary N) is 1. The molecule has 0 bridgehead atoms. The monoisotopic (exact) mass is 526 g/mol. The molecule has 3 rings (SSSR count). The number of ether oxygens (including phenoxy) is 3. The topological polar surface area (TPSA) is 111 Å². The van der Waals surface area contributed by atoms with Gasteiger partial charge >= 0.3 is 5.97 Å². The van der Waals surface area contributed by atoms with Crippen molar-refractivity contribution in [2.24, 2.45) is 0 Å². The summed E-state index contributed by atoms with van der Waals surface area (Å²) in [6, 6.07) is 14.3. The third-order valence-electron chi connectivity index (χ3n) is 5.88. The van der Waals surface area contributed by atoms with Gasteiger partial charge < -0.3 is 19.5 Å². The van der Waals surface area contributed by atoms with Crippen molar-refractivity contribution in [2.75, 3.05) is 37.5 Å². The van der Waals surface area contributed by atoms with Crippen LogP contribution in [-0.4, -0.2) is 48.2 Å². The molecule has 0 radical (unpaired) electrons. The predicted molar refractivity (Wildman–Crippen MR) is 141 cm³/mol. The zero-order valence-electron chi connectivity index (χ0n) is 21.6. The summed E-state index contributed by atoms with van der Waals surface area (Å²) in [7, 11) is -0.0729. The molecular formula is C27H30N2O7S. The predicted octanol–water partition coefficient (Wildman–Crippen LogP) is 4.25. The smallest absolute Gasteiger partial charge is 0.340 e. The van der Waals surface area contributed by atoms with Gasteiger partial charge in [-0.3, -0.25) is 9.10 Å². The second-order valence-corrected chi connectivity index (χ2v) is 10.2. The van der Waals surface area contributed by atoms with Crippen molar-refractivity contribution in [1.29, 1.82) is 0 Å². The summed E-state index contributed by atoms with van der Waals surface area (Å²) < 4.78 is 43.7. The summed E-state index contributed by atoms with van der Waals surface area (Å²) in [4.78, 5) is 25.7. The van der Waals surface area contributed by atoms with E-state index in [2.05, 4.69) is 5.32 Å².